The molecule has 35 heavy (non-hydrogen) atoms. The van der Waals surface area contributed by atoms with Crippen molar-refractivity contribution in [2.45, 2.75) is 24.1 Å². The zero-order valence-electron chi connectivity index (χ0n) is 19.0. The van der Waals surface area contributed by atoms with E-state index in [-0.39, 0.29) is 16.2 Å². The van der Waals surface area contributed by atoms with E-state index < -0.39 is 28.3 Å². The Hall–Kier alpha value is -3.37. The first kappa shape index (κ1) is 23.4. The SMILES string of the molecule is CN1Cc2nc3cc(F)c(-c4ccc(S(C)(=O)=O)cc4)cc3n2[C@@H](c2ccccc2OC(F)F)C1. The summed E-state index contributed by atoms with van der Waals surface area (Å²) < 4.78 is 71.6. The first-order valence-electron chi connectivity index (χ1n) is 10.8. The molecule has 0 amide bonds. The van der Waals surface area contributed by atoms with E-state index in [1.165, 1.54) is 24.3 Å². The third-order valence-electron chi connectivity index (χ3n) is 6.15. The van der Waals surface area contributed by atoms with Crippen molar-refractivity contribution in [3.05, 3.63) is 77.9 Å². The lowest BCUT2D eigenvalue weighted by Crippen LogP contribution is -2.35. The van der Waals surface area contributed by atoms with Gasteiger partial charge in [0.15, 0.2) is 9.84 Å². The van der Waals surface area contributed by atoms with Crippen LogP contribution in [0.25, 0.3) is 22.2 Å². The summed E-state index contributed by atoms with van der Waals surface area (Å²) in [7, 11) is -1.48. The van der Waals surface area contributed by atoms with Gasteiger partial charge >= 0.3 is 6.61 Å². The van der Waals surface area contributed by atoms with Gasteiger partial charge in [-0.25, -0.2) is 17.8 Å². The Labute approximate surface area is 200 Å². The number of likely N-dealkylation sites (N-methyl/N-ethyl adjacent to an activating group) is 1. The molecule has 0 radical (unpaired) electrons. The normalized spacial score (nSPS) is 16.6. The first-order valence-corrected chi connectivity index (χ1v) is 12.7. The van der Waals surface area contributed by atoms with E-state index in [9.17, 15) is 17.2 Å². The number of aromatic nitrogens is 2. The van der Waals surface area contributed by atoms with Crippen LogP contribution in [0.2, 0.25) is 0 Å². The Bertz CT molecular complexity index is 1520. The highest BCUT2D eigenvalue weighted by molar-refractivity contribution is 7.90. The van der Waals surface area contributed by atoms with Crippen molar-refractivity contribution in [2.75, 3.05) is 19.8 Å². The van der Waals surface area contributed by atoms with Crippen LogP contribution >= 0.6 is 0 Å². The number of nitrogens with zero attached hydrogens (tertiary/aromatic N) is 3. The molecule has 0 unspecified atom stereocenters. The highest BCUT2D eigenvalue weighted by atomic mass is 32.2. The average Bonchev–Trinajstić information content (AvgIpc) is 3.14. The van der Waals surface area contributed by atoms with Gasteiger partial charge in [0.25, 0.3) is 0 Å². The van der Waals surface area contributed by atoms with E-state index in [1.54, 1.807) is 36.4 Å². The van der Waals surface area contributed by atoms with Gasteiger partial charge in [-0.3, -0.25) is 4.90 Å². The Balaban J connectivity index is 1.67. The molecule has 1 aliphatic heterocycles. The van der Waals surface area contributed by atoms with Crippen LogP contribution < -0.4 is 4.74 Å². The predicted molar refractivity (Wildman–Crippen MR) is 126 cm³/mol. The van der Waals surface area contributed by atoms with Gasteiger partial charge in [0, 0.05) is 30.0 Å². The van der Waals surface area contributed by atoms with Gasteiger partial charge in [-0.1, -0.05) is 30.3 Å². The van der Waals surface area contributed by atoms with E-state index in [0.717, 1.165) is 6.26 Å². The summed E-state index contributed by atoms with van der Waals surface area (Å²) in [5.41, 5.74) is 2.46. The van der Waals surface area contributed by atoms with Crippen LogP contribution in [0.1, 0.15) is 17.4 Å². The van der Waals surface area contributed by atoms with Gasteiger partial charge in [-0.05, 0) is 36.9 Å². The molecule has 4 aromatic rings. The van der Waals surface area contributed by atoms with E-state index in [4.69, 9.17) is 4.74 Å². The number of fused-ring (bicyclic) bond motifs is 3. The number of hydrogen-bond acceptors (Lipinski definition) is 5. The summed E-state index contributed by atoms with van der Waals surface area (Å²) in [6.45, 7) is -1.95. The lowest BCUT2D eigenvalue weighted by Gasteiger charge is -2.33. The van der Waals surface area contributed by atoms with Crippen LogP contribution in [-0.2, 0) is 16.4 Å². The van der Waals surface area contributed by atoms with Crippen molar-refractivity contribution < 1.29 is 26.3 Å². The molecule has 0 spiro atoms. The van der Waals surface area contributed by atoms with Gasteiger partial charge in [0.1, 0.15) is 17.4 Å². The lowest BCUT2D eigenvalue weighted by atomic mass is 10.0. The summed E-state index contributed by atoms with van der Waals surface area (Å²) in [6.07, 6.45) is 1.11. The number of ether oxygens (including phenoxy) is 1. The molecule has 3 aromatic carbocycles. The second-order valence-electron chi connectivity index (χ2n) is 8.64. The summed E-state index contributed by atoms with van der Waals surface area (Å²) in [6, 6.07) is 15.3. The third-order valence-corrected chi connectivity index (χ3v) is 7.27. The molecule has 182 valence electrons. The number of rotatable bonds is 5. The summed E-state index contributed by atoms with van der Waals surface area (Å²) in [4.78, 5) is 6.79. The minimum atomic E-state index is -3.38. The molecule has 0 bridgehead atoms. The molecule has 1 aliphatic rings. The molecule has 0 fully saturated rings. The van der Waals surface area contributed by atoms with Crippen molar-refractivity contribution >= 4 is 20.9 Å². The molecule has 2 heterocycles. The topological polar surface area (TPSA) is 64.4 Å². The summed E-state index contributed by atoms with van der Waals surface area (Å²) >= 11 is 0. The van der Waals surface area contributed by atoms with Gasteiger partial charge in [-0.15, -0.1) is 0 Å². The zero-order chi connectivity index (χ0) is 24.9. The Morgan fingerprint density at radius 1 is 1.09 bits per heavy atom. The lowest BCUT2D eigenvalue weighted by molar-refractivity contribution is -0.0508. The van der Waals surface area contributed by atoms with Crippen molar-refractivity contribution in [3.8, 4) is 16.9 Å². The van der Waals surface area contributed by atoms with Crippen LogP contribution in [-0.4, -0.2) is 49.3 Å². The van der Waals surface area contributed by atoms with Crippen LogP contribution in [0.4, 0.5) is 13.2 Å². The molecule has 5 rings (SSSR count). The largest absolute Gasteiger partial charge is 0.434 e. The fourth-order valence-electron chi connectivity index (χ4n) is 4.61. The fraction of sp³-hybridized carbons (Fsp3) is 0.240. The van der Waals surface area contributed by atoms with E-state index in [2.05, 4.69) is 4.98 Å². The monoisotopic (exact) mass is 501 g/mol. The number of alkyl halides is 2. The molecule has 1 aromatic heterocycles. The van der Waals surface area contributed by atoms with Gasteiger partial charge in [0.05, 0.1) is 28.5 Å². The second kappa shape index (κ2) is 8.69. The average molecular weight is 502 g/mol. The molecule has 6 nitrogen and oxygen atoms in total. The van der Waals surface area contributed by atoms with Crippen molar-refractivity contribution in [1.29, 1.82) is 0 Å². The minimum absolute atomic E-state index is 0.0781. The Kier molecular flexibility index (Phi) is 5.80. The van der Waals surface area contributed by atoms with E-state index in [1.807, 2.05) is 16.5 Å². The Morgan fingerprint density at radius 2 is 1.80 bits per heavy atom. The molecular formula is C25H22F3N3O3S. The number of imidazole rings is 1. The number of halogens is 3. The van der Waals surface area contributed by atoms with Crippen LogP contribution in [0.5, 0.6) is 5.75 Å². The summed E-state index contributed by atoms with van der Waals surface area (Å²) in [5.74, 6) is 0.260. The fourth-order valence-corrected chi connectivity index (χ4v) is 5.24. The molecule has 10 heteroatoms. The Morgan fingerprint density at radius 3 is 2.49 bits per heavy atom. The molecule has 0 saturated carbocycles. The molecule has 0 aliphatic carbocycles. The van der Waals surface area contributed by atoms with E-state index >= 15 is 4.39 Å². The minimum Gasteiger partial charge on any atom is -0.434 e. The smallest absolute Gasteiger partial charge is 0.387 e. The van der Waals surface area contributed by atoms with Gasteiger partial charge < -0.3 is 9.30 Å². The maximum atomic E-state index is 15.1. The molecular weight excluding hydrogens is 479 g/mol. The highest BCUT2D eigenvalue weighted by Crippen LogP contribution is 2.38. The van der Waals surface area contributed by atoms with Crippen LogP contribution in [0.3, 0.4) is 0 Å². The van der Waals surface area contributed by atoms with Crippen LogP contribution in [0.15, 0.2) is 65.6 Å². The molecule has 0 saturated heterocycles. The standard InChI is InChI=1S/C25H22F3N3O3S/c1-30-13-22(17-5-3-4-6-23(17)34-25(27)28)31-21-11-18(19(26)12-20(21)29-24(31)14-30)15-7-9-16(10-8-15)35(2,32)33/h3-12,22,25H,13-14H2,1-2H3/t22-/m1/s1. The zero-order valence-corrected chi connectivity index (χ0v) is 19.8. The number of sulfone groups is 1. The van der Waals surface area contributed by atoms with Crippen molar-refractivity contribution in [3.63, 3.8) is 0 Å². The number of para-hydroxylation sites is 1. The van der Waals surface area contributed by atoms with Crippen LogP contribution in [0, 0.1) is 5.82 Å². The third kappa shape index (κ3) is 4.39. The maximum absolute atomic E-state index is 15.1. The molecule has 1 atom stereocenters. The highest BCUT2D eigenvalue weighted by Gasteiger charge is 2.30. The number of hydrogen-bond donors (Lipinski definition) is 0. The molecule has 0 N–H and O–H groups in total. The van der Waals surface area contributed by atoms with Crippen molar-refractivity contribution in [2.24, 2.45) is 0 Å². The quantitative estimate of drug-likeness (QED) is 0.390. The number of benzene rings is 3. The van der Waals surface area contributed by atoms with Crippen molar-refractivity contribution in [1.82, 2.24) is 14.5 Å². The van der Waals surface area contributed by atoms with Gasteiger partial charge in [0.2, 0.25) is 0 Å². The second-order valence-corrected chi connectivity index (χ2v) is 10.7. The van der Waals surface area contributed by atoms with Gasteiger partial charge in [-0.2, -0.15) is 8.78 Å². The first-order chi connectivity index (χ1) is 16.6. The van der Waals surface area contributed by atoms with E-state index in [0.29, 0.717) is 41.1 Å². The predicted octanol–water partition coefficient (Wildman–Crippen LogP) is 4.88. The summed E-state index contributed by atoms with van der Waals surface area (Å²) in [5, 5.41) is 0. The maximum Gasteiger partial charge on any atom is 0.387 e.